The fourth-order valence-electron chi connectivity index (χ4n) is 2.08. The van der Waals surface area contributed by atoms with Crippen molar-refractivity contribution in [2.75, 3.05) is 18.9 Å². The largest absolute Gasteiger partial charge is 0.452 e. The highest BCUT2D eigenvalue weighted by molar-refractivity contribution is 7.89. The van der Waals surface area contributed by atoms with Gasteiger partial charge in [-0.15, -0.1) is 0 Å². The molecule has 11 heteroatoms. The second-order valence-corrected chi connectivity index (χ2v) is 6.93. The highest BCUT2D eigenvalue weighted by atomic mass is 32.2. The number of primary sulfonamides is 1. The van der Waals surface area contributed by atoms with Crippen molar-refractivity contribution < 1.29 is 27.3 Å². The number of hydrogen-bond acceptors (Lipinski definition) is 8. The Labute approximate surface area is 149 Å². The normalized spacial score (nSPS) is 11.2. The van der Waals surface area contributed by atoms with Crippen LogP contribution >= 0.6 is 0 Å². The van der Waals surface area contributed by atoms with Gasteiger partial charge in [0.25, 0.3) is 5.91 Å². The number of ether oxygens (including phenoxy) is 1. The van der Waals surface area contributed by atoms with Crippen LogP contribution in [0.15, 0.2) is 33.7 Å². The number of nitrogens with two attached hydrogens (primary N) is 2. The minimum Gasteiger partial charge on any atom is -0.452 e. The maximum Gasteiger partial charge on any atom is 0.346 e. The molecule has 5 N–H and O–H groups in total. The first-order valence-electron chi connectivity index (χ1n) is 7.46. The van der Waals surface area contributed by atoms with Crippen molar-refractivity contribution in [3.8, 4) is 0 Å². The molecule has 0 fully saturated rings. The van der Waals surface area contributed by atoms with Gasteiger partial charge in [0, 0.05) is 6.54 Å². The monoisotopic (exact) mass is 382 g/mol. The van der Waals surface area contributed by atoms with Crippen LogP contribution in [0.1, 0.15) is 21.6 Å². The first-order chi connectivity index (χ1) is 12.2. The second kappa shape index (κ2) is 7.97. The molecule has 2 aromatic rings. The lowest BCUT2D eigenvalue weighted by Gasteiger charge is -2.07. The van der Waals surface area contributed by atoms with Crippen molar-refractivity contribution in [2.24, 2.45) is 5.14 Å². The lowest BCUT2D eigenvalue weighted by Crippen LogP contribution is -2.30. The number of nitrogen functional groups attached to an aromatic ring is 1. The van der Waals surface area contributed by atoms with Gasteiger partial charge < -0.3 is 20.3 Å². The van der Waals surface area contributed by atoms with Gasteiger partial charge in [-0.05, 0) is 31.0 Å². The summed E-state index contributed by atoms with van der Waals surface area (Å²) < 4.78 is 31.8. The zero-order valence-corrected chi connectivity index (χ0v) is 14.7. The average Bonchev–Trinajstić information content (AvgIpc) is 2.91. The molecule has 0 saturated heterocycles. The van der Waals surface area contributed by atoms with Crippen LogP contribution in [0.2, 0.25) is 0 Å². The number of esters is 1. The number of nitrogens with zero attached hydrogens (tertiary/aromatic N) is 1. The molecule has 1 heterocycles. The van der Waals surface area contributed by atoms with E-state index in [0.717, 1.165) is 5.56 Å². The molecule has 0 unspecified atom stereocenters. The van der Waals surface area contributed by atoms with Crippen molar-refractivity contribution in [3.63, 3.8) is 0 Å². The molecule has 0 aliphatic heterocycles. The number of carbonyl (C=O) groups excluding carboxylic acids is 2. The van der Waals surface area contributed by atoms with E-state index < -0.39 is 28.5 Å². The van der Waals surface area contributed by atoms with Crippen molar-refractivity contribution in [1.29, 1.82) is 0 Å². The van der Waals surface area contributed by atoms with Crippen molar-refractivity contribution >= 4 is 27.8 Å². The molecule has 2 rings (SSSR count). The van der Waals surface area contributed by atoms with Crippen LogP contribution in [-0.2, 0) is 26.0 Å². The molecule has 1 aromatic carbocycles. The van der Waals surface area contributed by atoms with Crippen LogP contribution < -0.4 is 16.2 Å². The maximum absolute atomic E-state index is 11.8. The quantitative estimate of drug-likeness (QED) is 0.550. The van der Waals surface area contributed by atoms with Gasteiger partial charge in [-0.3, -0.25) is 4.79 Å². The summed E-state index contributed by atoms with van der Waals surface area (Å²) in [5.41, 5.74) is 6.53. The minimum absolute atomic E-state index is 0.00672. The van der Waals surface area contributed by atoms with Crippen molar-refractivity contribution in [3.05, 3.63) is 41.1 Å². The Bertz CT molecular complexity index is 885. The third-order valence-electron chi connectivity index (χ3n) is 3.42. The lowest BCUT2D eigenvalue weighted by molar-refractivity contribution is -0.124. The molecule has 0 bridgehead atoms. The van der Waals surface area contributed by atoms with E-state index in [-0.39, 0.29) is 28.6 Å². The van der Waals surface area contributed by atoms with E-state index in [0.29, 0.717) is 6.42 Å². The summed E-state index contributed by atoms with van der Waals surface area (Å²) in [6.45, 7) is 1.32. The third-order valence-corrected chi connectivity index (χ3v) is 4.34. The second-order valence-electron chi connectivity index (χ2n) is 5.37. The number of carbonyl (C=O) groups is 2. The van der Waals surface area contributed by atoms with Crippen LogP contribution in [0, 0.1) is 6.92 Å². The fourth-order valence-corrected chi connectivity index (χ4v) is 2.60. The fraction of sp³-hybridized carbons (Fsp3) is 0.267. The summed E-state index contributed by atoms with van der Waals surface area (Å²) in [5.74, 6) is -1.46. The maximum atomic E-state index is 11.8. The van der Waals surface area contributed by atoms with Gasteiger partial charge in [-0.2, -0.15) is 0 Å². The number of sulfonamides is 1. The molecule has 0 saturated carbocycles. The molecule has 0 atom stereocenters. The van der Waals surface area contributed by atoms with Gasteiger partial charge in [0.05, 0.1) is 10.6 Å². The molecule has 0 radical (unpaired) electrons. The number of nitrogens with one attached hydrogen (secondary N) is 1. The van der Waals surface area contributed by atoms with Crippen LogP contribution in [0.4, 0.5) is 5.88 Å². The minimum atomic E-state index is -3.73. The van der Waals surface area contributed by atoms with E-state index >= 15 is 0 Å². The van der Waals surface area contributed by atoms with Gasteiger partial charge in [0.1, 0.15) is 5.56 Å². The van der Waals surface area contributed by atoms with E-state index in [2.05, 4.69) is 15.0 Å². The Morgan fingerprint density at radius 3 is 2.46 bits per heavy atom. The van der Waals surface area contributed by atoms with E-state index in [1.165, 1.54) is 19.1 Å². The predicted molar refractivity (Wildman–Crippen MR) is 90.5 cm³/mol. The van der Waals surface area contributed by atoms with Gasteiger partial charge >= 0.3 is 5.97 Å². The topological polar surface area (TPSA) is 168 Å². The molecule has 0 aliphatic carbocycles. The van der Waals surface area contributed by atoms with Gasteiger partial charge in [0.15, 0.2) is 6.61 Å². The summed E-state index contributed by atoms with van der Waals surface area (Å²) in [6.07, 6.45) is 0.461. The summed E-state index contributed by atoms with van der Waals surface area (Å²) in [5, 5.41) is 11.1. The summed E-state index contributed by atoms with van der Waals surface area (Å²) in [7, 11) is -3.73. The molecule has 1 aromatic heterocycles. The molecular formula is C15H18N4O6S. The van der Waals surface area contributed by atoms with Gasteiger partial charge in [0.2, 0.25) is 15.9 Å². The SMILES string of the molecule is Cc1noc(N)c1C(=O)OCC(=O)NCCc1ccc(S(N)(=O)=O)cc1. The molecule has 10 nitrogen and oxygen atoms in total. The Balaban J connectivity index is 1.76. The smallest absolute Gasteiger partial charge is 0.346 e. The molecule has 0 aliphatic rings. The molecular weight excluding hydrogens is 364 g/mol. The summed E-state index contributed by atoms with van der Waals surface area (Å²) in [4.78, 5) is 23.5. The number of aryl methyl sites for hydroxylation is 1. The summed E-state index contributed by atoms with van der Waals surface area (Å²) >= 11 is 0. The van der Waals surface area contributed by atoms with E-state index in [1.807, 2.05) is 0 Å². The molecule has 26 heavy (non-hydrogen) atoms. The van der Waals surface area contributed by atoms with Gasteiger partial charge in [-0.25, -0.2) is 18.4 Å². The Morgan fingerprint density at radius 2 is 1.92 bits per heavy atom. The zero-order valence-electron chi connectivity index (χ0n) is 13.9. The highest BCUT2D eigenvalue weighted by Gasteiger charge is 2.20. The zero-order chi connectivity index (χ0) is 19.3. The molecule has 1 amide bonds. The Morgan fingerprint density at radius 1 is 1.27 bits per heavy atom. The average molecular weight is 382 g/mol. The van der Waals surface area contributed by atoms with E-state index in [1.54, 1.807) is 12.1 Å². The Kier molecular flexibility index (Phi) is 5.95. The first-order valence-corrected chi connectivity index (χ1v) is 9.00. The van der Waals surface area contributed by atoms with Crippen LogP contribution in [0.5, 0.6) is 0 Å². The molecule has 140 valence electrons. The van der Waals surface area contributed by atoms with E-state index in [9.17, 15) is 18.0 Å². The van der Waals surface area contributed by atoms with Crippen molar-refractivity contribution in [2.45, 2.75) is 18.2 Å². The number of aromatic nitrogens is 1. The number of rotatable bonds is 7. The van der Waals surface area contributed by atoms with Crippen LogP contribution in [-0.4, -0.2) is 38.6 Å². The number of amides is 1. The Hall–Kier alpha value is -2.92. The summed E-state index contributed by atoms with van der Waals surface area (Å²) in [6, 6.07) is 5.98. The third kappa shape index (κ3) is 5.04. The van der Waals surface area contributed by atoms with Crippen LogP contribution in [0.3, 0.4) is 0 Å². The van der Waals surface area contributed by atoms with Crippen LogP contribution in [0.25, 0.3) is 0 Å². The highest BCUT2D eigenvalue weighted by Crippen LogP contribution is 2.16. The van der Waals surface area contributed by atoms with Crippen molar-refractivity contribution in [1.82, 2.24) is 10.5 Å². The number of anilines is 1. The standard InChI is InChI=1S/C15H18N4O6S/c1-9-13(14(16)25-19-9)15(21)24-8-12(20)18-7-6-10-2-4-11(5-3-10)26(17,22)23/h2-5H,6-8,16H2,1H3,(H,18,20)(H2,17,22,23). The molecule has 0 spiro atoms. The predicted octanol–water partition coefficient (Wildman–Crippen LogP) is -0.272. The lowest BCUT2D eigenvalue weighted by atomic mass is 10.1. The van der Waals surface area contributed by atoms with E-state index in [4.69, 9.17) is 15.6 Å². The number of benzene rings is 1. The first kappa shape index (κ1) is 19.4. The van der Waals surface area contributed by atoms with Gasteiger partial charge in [-0.1, -0.05) is 17.3 Å². The number of hydrogen-bond donors (Lipinski definition) is 3.